The Morgan fingerprint density at radius 1 is 1.06 bits per heavy atom. The number of benzene rings is 3. The van der Waals surface area contributed by atoms with Gasteiger partial charge in [-0.15, -0.1) is 0 Å². The molecule has 1 heterocycles. The van der Waals surface area contributed by atoms with E-state index >= 15 is 0 Å². The summed E-state index contributed by atoms with van der Waals surface area (Å²) in [6.07, 6.45) is 1.29. The van der Waals surface area contributed by atoms with Crippen LogP contribution in [0.25, 0.3) is 6.08 Å². The highest BCUT2D eigenvalue weighted by Gasteiger charge is 2.36. The van der Waals surface area contributed by atoms with Crippen LogP contribution >= 0.6 is 11.6 Å². The van der Waals surface area contributed by atoms with Crippen LogP contribution < -0.4 is 19.7 Å². The molecule has 1 aliphatic heterocycles. The molecule has 1 aliphatic rings. The highest BCUT2D eigenvalue weighted by molar-refractivity contribution is 6.39. The van der Waals surface area contributed by atoms with Crippen LogP contribution in [-0.4, -0.2) is 25.0 Å². The average molecular weight is 495 g/mol. The summed E-state index contributed by atoms with van der Waals surface area (Å²) in [5, 5.41) is 2.32. The van der Waals surface area contributed by atoms with E-state index in [1.54, 1.807) is 6.07 Å². The SMILES string of the molecule is COc1cc(/C=C2\C(=O)NC(=O)N(c3ccc(F)cc3)C2=O)cc(Cl)c1OCc1cccc(C)c1. The Morgan fingerprint density at radius 2 is 1.80 bits per heavy atom. The number of rotatable bonds is 6. The molecule has 4 rings (SSSR count). The van der Waals surface area contributed by atoms with Gasteiger partial charge in [0.15, 0.2) is 11.5 Å². The van der Waals surface area contributed by atoms with Gasteiger partial charge in [-0.25, -0.2) is 14.1 Å². The normalized spacial score (nSPS) is 14.8. The number of hydrogen-bond donors (Lipinski definition) is 1. The first-order valence-corrected chi connectivity index (χ1v) is 10.9. The minimum absolute atomic E-state index is 0.114. The van der Waals surface area contributed by atoms with Gasteiger partial charge in [0.05, 0.1) is 17.8 Å². The van der Waals surface area contributed by atoms with Crippen molar-refractivity contribution in [3.63, 3.8) is 0 Å². The van der Waals surface area contributed by atoms with E-state index in [0.29, 0.717) is 17.1 Å². The van der Waals surface area contributed by atoms with Gasteiger partial charge >= 0.3 is 6.03 Å². The number of urea groups is 1. The number of ether oxygens (including phenoxy) is 2. The highest BCUT2D eigenvalue weighted by Crippen LogP contribution is 2.38. The second-order valence-electron chi connectivity index (χ2n) is 7.75. The van der Waals surface area contributed by atoms with Crippen LogP contribution in [0.3, 0.4) is 0 Å². The number of nitrogens with one attached hydrogen (secondary N) is 1. The standard InChI is InChI=1S/C26H20ClFN2O5/c1-15-4-3-5-16(10-15)14-35-23-21(27)12-17(13-22(23)34-2)11-20-24(31)29-26(33)30(25(20)32)19-8-6-18(28)7-9-19/h3-13H,14H2,1-2H3,(H,29,31,33)/b20-11+. The van der Waals surface area contributed by atoms with Crippen LogP contribution in [0.2, 0.25) is 5.02 Å². The summed E-state index contributed by atoms with van der Waals surface area (Å²) in [6.45, 7) is 2.24. The van der Waals surface area contributed by atoms with Gasteiger partial charge in [0.1, 0.15) is 18.0 Å². The quantitative estimate of drug-likeness (QED) is 0.383. The summed E-state index contributed by atoms with van der Waals surface area (Å²) >= 11 is 6.44. The lowest BCUT2D eigenvalue weighted by Crippen LogP contribution is -2.54. The van der Waals surface area contributed by atoms with Crippen molar-refractivity contribution in [2.45, 2.75) is 13.5 Å². The molecule has 178 valence electrons. The van der Waals surface area contributed by atoms with Gasteiger partial charge < -0.3 is 9.47 Å². The fraction of sp³-hybridized carbons (Fsp3) is 0.115. The predicted molar refractivity (Wildman–Crippen MR) is 129 cm³/mol. The molecule has 0 bridgehead atoms. The van der Waals surface area contributed by atoms with Gasteiger partial charge in [0.2, 0.25) is 0 Å². The van der Waals surface area contributed by atoms with E-state index in [0.717, 1.165) is 28.2 Å². The first-order chi connectivity index (χ1) is 16.8. The molecular formula is C26H20ClFN2O5. The molecule has 1 saturated heterocycles. The summed E-state index contributed by atoms with van der Waals surface area (Å²) in [4.78, 5) is 38.5. The fourth-order valence-corrected chi connectivity index (χ4v) is 3.84. The van der Waals surface area contributed by atoms with Crippen molar-refractivity contribution in [2.24, 2.45) is 0 Å². The molecular weight excluding hydrogens is 475 g/mol. The number of hydrogen-bond acceptors (Lipinski definition) is 5. The molecule has 0 saturated carbocycles. The number of barbiturate groups is 1. The minimum Gasteiger partial charge on any atom is -0.493 e. The zero-order valence-corrected chi connectivity index (χ0v) is 19.6. The van der Waals surface area contributed by atoms with Crippen molar-refractivity contribution in [1.29, 1.82) is 0 Å². The molecule has 9 heteroatoms. The molecule has 1 fully saturated rings. The second-order valence-corrected chi connectivity index (χ2v) is 8.15. The maximum Gasteiger partial charge on any atom is 0.335 e. The molecule has 0 radical (unpaired) electrons. The van der Waals surface area contributed by atoms with Crippen molar-refractivity contribution in [2.75, 3.05) is 12.0 Å². The average Bonchev–Trinajstić information content (AvgIpc) is 2.82. The van der Waals surface area contributed by atoms with Gasteiger partial charge in [-0.3, -0.25) is 14.9 Å². The van der Waals surface area contributed by atoms with Crippen LogP contribution in [0.5, 0.6) is 11.5 Å². The molecule has 0 spiro atoms. The number of aryl methyl sites for hydroxylation is 1. The molecule has 1 N–H and O–H groups in total. The number of methoxy groups -OCH3 is 1. The van der Waals surface area contributed by atoms with E-state index in [1.807, 2.05) is 31.2 Å². The zero-order valence-electron chi connectivity index (χ0n) is 18.8. The largest absolute Gasteiger partial charge is 0.493 e. The van der Waals surface area contributed by atoms with Crippen LogP contribution in [0, 0.1) is 12.7 Å². The number of carbonyl (C=O) groups excluding carboxylic acids is 3. The lowest BCUT2D eigenvalue weighted by atomic mass is 10.1. The number of imide groups is 2. The molecule has 0 aromatic heterocycles. The van der Waals surface area contributed by atoms with Crippen LogP contribution in [-0.2, 0) is 16.2 Å². The highest BCUT2D eigenvalue weighted by atomic mass is 35.5. The molecule has 0 unspecified atom stereocenters. The monoisotopic (exact) mass is 494 g/mol. The number of halogens is 2. The zero-order chi connectivity index (χ0) is 25.1. The van der Waals surface area contributed by atoms with E-state index in [1.165, 1.54) is 31.4 Å². The van der Waals surface area contributed by atoms with E-state index in [9.17, 15) is 18.8 Å². The number of amides is 4. The van der Waals surface area contributed by atoms with E-state index in [2.05, 4.69) is 5.32 Å². The number of carbonyl (C=O) groups is 3. The Balaban J connectivity index is 1.64. The second kappa shape index (κ2) is 9.99. The Hall–Kier alpha value is -4.17. The van der Waals surface area contributed by atoms with Gasteiger partial charge in [-0.05, 0) is 60.5 Å². The molecule has 4 amide bonds. The van der Waals surface area contributed by atoms with E-state index in [4.69, 9.17) is 21.1 Å². The van der Waals surface area contributed by atoms with Crippen molar-refractivity contribution in [1.82, 2.24) is 5.32 Å². The Kier molecular flexibility index (Phi) is 6.84. The molecule has 0 atom stereocenters. The van der Waals surface area contributed by atoms with Crippen molar-refractivity contribution < 1.29 is 28.2 Å². The smallest absolute Gasteiger partial charge is 0.335 e. The van der Waals surface area contributed by atoms with Crippen LogP contribution in [0.1, 0.15) is 16.7 Å². The molecule has 3 aromatic carbocycles. The summed E-state index contributed by atoms with van der Waals surface area (Å²) in [5.41, 5.74) is 2.23. The molecule has 7 nitrogen and oxygen atoms in total. The fourth-order valence-electron chi connectivity index (χ4n) is 3.57. The lowest BCUT2D eigenvalue weighted by molar-refractivity contribution is -0.122. The predicted octanol–water partition coefficient (Wildman–Crippen LogP) is 5.04. The first-order valence-electron chi connectivity index (χ1n) is 10.5. The molecule has 35 heavy (non-hydrogen) atoms. The van der Waals surface area contributed by atoms with Gasteiger partial charge in [0, 0.05) is 0 Å². The van der Waals surface area contributed by atoms with Gasteiger partial charge in [0.25, 0.3) is 11.8 Å². The number of nitrogens with zero attached hydrogens (tertiary/aromatic N) is 1. The molecule has 0 aliphatic carbocycles. The summed E-state index contributed by atoms with van der Waals surface area (Å²) in [5.74, 6) is -1.65. The minimum atomic E-state index is -0.931. The summed E-state index contributed by atoms with van der Waals surface area (Å²) in [7, 11) is 1.44. The maximum atomic E-state index is 13.3. The van der Waals surface area contributed by atoms with Crippen LogP contribution in [0.15, 0.2) is 66.2 Å². The Labute approximate surface area is 205 Å². The summed E-state index contributed by atoms with van der Waals surface area (Å²) in [6, 6.07) is 14.7. The Bertz CT molecular complexity index is 1350. The van der Waals surface area contributed by atoms with Gasteiger partial charge in [-0.1, -0.05) is 41.4 Å². The van der Waals surface area contributed by atoms with E-state index < -0.39 is 23.7 Å². The molecule has 3 aromatic rings. The van der Waals surface area contributed by atoms with Crippen molar-refractivity contribution in [3.8, 4) is 11.5 Å². The number of anilines is 1. The topological polar surface area (TPSA) is 84.9 Å². The van der Waals surface area contributed by atoms with Crippen LogP contribution in [0.4, 0.5) is 14.9 Å². The third kappa shape index (κ3) is 5.17. The third-order valence-electron chi connectivity index (χ3n) is 5.21. The lowest BCUT2D eigenvalue weighted by Gasteiger charge is -2.26. The van der Waals surface area contributed by atoms with Crippen molar-refractivity contribution in [3.05, 3.63) is 93.8 Å². The van der Waals surface area contributed by atoms with Crippen molar-refractivity contribution >= 4 is 41.2 Å². The van der Waals surface area contributed by atoms with E-state index in [-0.39, 0.29) is 22.9 Å². The first kappa shape index (κ1) is 24.0. The van der Waals surface area contributed by atoms with Gasteiger partial charge in [-0.2, -0.15) is 0 Å². The maximum absolute atomic E-state index is 13.3. The summed E-state index contributed by atoms with van der Waals surface area (Å²) < 4.78 is 24.6. The Morgan fingerprint density at radius 3 is 2.49 bits per heavy atom. The third-order valence-corrected chi connectivity index (χ3v) is 5.50.